The van der Waals surface area contributed by atoms with Crippen molar-refractivity contribution in [2.24, 2.45) is 0 Å². The predicted molar refractivity (Wildman–Crippen MR) is 92.4 cm³/mol. The topological polar surface area (TPSA) is 92.8 Å². The van der Waals surface area contributed by atoms with E-state index in [2.05, 4.69) is 5.32 Å². The maximum Gasteiger partial charge on any atom is 0.255 e. The molecule has 1 aliphatic rings. The summed E-state index contributed by atoms with van der Waals surface area (Å²) >= 11 is 0. The molecular formula is C17H16N2O5S. The van der Waals surface area contributed by atoms with Crippen molar-refractivity contribution in [3.05, 3.63) is 48.5 Å². The number of carbonyl (C=O) groups is 2. The summed E-state index contributed by atoms with van der Waals surface area (Å²) in [5.74, 6) is -1.20. The van der Waals surface area contributed by atoms with Gasteiger partial charge in [0.05, 0.1) is 17.7 Å². The molecule has 0 spiro atoms. The summed E-state index contributed by atoms with van der Waals surface area (Å²) in [6.07, 6.45) is 0. The Hall–Kier alpha value is -2.87. The van der Waals surface area contributed by atoms with Crippen molar-refractivity contribution in [2.45, 2.75) is 10.1 Å². The number of anilines is 2. The summed E-state index contributed by atoms with van der Waals surface area (Å²) in [6, 6.07) is 12.6. The number of hydrogen-bond donors (Lipinski definition) is 1. The number of para-hydroxylation sites is 1. The number of ether oxygens (including phenoxy) is 1. The number of rotatable bonds is 3. The molecule has 8 heteroatoms. The van der Waals surface area contributed by atoms with Gasteiger partial charge in [0, 0.05) is 18.8 Å². The van der Waals surface area contributed by atoms with Crippen molar-refractivity contribution in [1.29, 1.82) is 0 Å². The number of nitrogens with zero attached hydrogens (tertiary/aromatic N) is 1. The van der Waals surface area contributed by atoms with E-state index in [0.29, 0.717) is 11.4 Å². The highest BCUT2D eigenvalue weighted by Crippen LogP contribution is 2.34. The zero-order chi connectivity index (χ0) is 18.2. The van der Waals surface area contributed by atoms with Gasteiger partial charge in [-0.25, -0.2) is 8.42 Å². The lowest BCUT2D eigenvalue weighted by Gasteiger charge is -2.30. The molecule has 1 aliphatic heterocycles. The summed E-state index contributed by atoms with van der Waals surface area (Å²) in [7, 11) is -1.21. The monoisotopic (exact) mass is 360 g/mol. The predicted octanol–water partition coefficient (Wildman–Crippen LogP) is 1.45. The van der Waals surface area contributed by atoms with Gasteiger partial charge in [-0.05, 0) is 24.3 Å². The first-order chi connectivity index (χ1) is 11.9. The number of hydrogen-bond acceptors (Lipinski definition) is 5. The maximum absolute atomic E-state index is 12.8. The number of methoxy groups -OCH3 is 1. The van der Waals surface area contributed by atoms with Crippen LogP contribution in [-0.2, 0) is 19.4 Å². The van der Waals surface area contributed by atoms with Crippen LogP contribution in [0.5, 0.6) is 5.75 Å². The highest BCUT2D eigenvalue weighted by atomic mass is 32.2. The van der Waals surface area contributed by atoms with Gasteiger partial charge in [0.2, 0.25) is 15.1 Å². The average Bonchev–Trinajstić information content (AvgIpc) is 2.60. The highest BCUT2D eigenvalue weighted by Gasteiger charge is 2.47. The second-order valence-corrected chi connectivity index (χ2v) is 7.51. The van der Waals surface area contributed by atoms with E-state index < -0.39 is 26.9 Å². The van der Waals surface area contributed by atoms with E-state index in [4.69, 9.17) is 4.74 Å². The van der Waals surface area contributed by atoms with E-state index in [1.165, 1.54) is 37.3 Å². The van der Waals surface area contributed by atoms with E-state index in [1.807, 2.05) is 0 Å². The molecule has 1 unspecified atom stereocenters. The summed E-state index contributed by atoms with van der Waals surface area (Å²) in [5.41, 5.74) is 0.604. The van der Waals surface area contributed by atoms with Crippen LogP contribution in [-0.4, -0.2) is 39.6 Å². The Morgan fingerprint density at radius 1 is 1.16 bits per heavy atom. The Morgan fingerprint density at radius 3 is 2.60 bits per heavy atom. The first-order valence-electron chi connectivity index (χ1n) is 7.41. The number of nitrogens with one attached hydrogen (secondary N) is 1. The quantitative estimate of drug-likeness (QED) is 0.837. The van der Waals surface area contributed by atoms with Crippen LogP contribution in [0.3, 0.4) is 0 Å². The summed E-state index contributed by atoms with van der Waals surface area (Å²) in [4.78, 5) is 26.2. The van der Waals surface area contributed by atoms with Crippen LogP contribution in [0.4, 0.5) is 11.4 Å². The van der Waals surface area contributed by atoms with Gasteiger partial charge >= 0.3 is 0 Å². The second-order valence-electron chi connectivity index (χ2n) is 5.51. The highest BCUT2D eigenvalue weighted by molar-refractivity contribution is 7.94. The van der Waals surface area contributed by atoms with E-state index >= 15 is 0 Å². The van der Waals surface area contributed by atoms with Gasteiger partial charge in [0.15, 0.2) is 0 Å². The van der Waals surface area contributed by atoms with Crippen LogP contribution >= 0.6 is 0 Å². The third-order valence-electron chi connectivity index (χ3n) is 3.97. The smallest absolute Gasteiger partial charge is 0.255 e. The Kier molecular flexibility index (Phi) is 4.22. The molecule has 1 heterocycles. The molecule has 1 N–H and O–H groups in total. The molecule has 25 heavy (non-hydrogen) atoms. The van der Waals surface area contributed by atoms with E-state index in [0.717, 1.165) is 0 Å². The summed E-state index contributed by atoms with van der Waals surface area (Å²) in [5, 5.41) is 0.644. The number of sulfone groups is 1. The SMILES string of the molecule is COc1cccc(NC(=O)C2C(=O)N(C)c3ccccc3S2(=O)=O)c1. The van der Waals surface area contributed by atoms with Crippen molar-refractivity contribution in [1.82, 2.24) is 0 Å². The second kappa shape index (κ2) is 6.21. The average molecular weight is 360 g/mol. The molecular weight excluding hydrogens is 344 g/mol. The van der Waals surface area contributed by atoms with Gasteiger partial charge in [-0.3, -0.25) is 9.59 Å². The van der Waals surface area contributed by atoms with Gasteiger partial charge in [-0.2, -0.15) is 0 Å². The van der Waals surface area contributed by atoms with Crippen LogP contribution in [0.15, 0.2) is 53.4 Å². The molecule has 0 aromatic heterocycles. The van der Waals surface area contributed by atoms with Crippen LogP contribution in [0.1, 0.15) is 0 Å². The minimum atomic E-state index is -4.13. The number of carbonyl (C=O) groups excluding carboxylic acids is 2. The zero-order valence-corrected chi connectivity index (χ0v) is 14.4. The first kappa shape index (κ1) is 17.0. The third-order valence-corrected chi connectivity index (χ3v) is 5.97. The largest absolute Gasteiger partial charge is 0.497 e. The molecule has 3 rings (SSSR count). The van der Waals surface area contributed by atoms with Gasteiger partial charge in [0.25, 0.3) is 11.8 Å². The Labute approximate surface area is 145 Å². The molecule has 0 aliphatic carbocycles. The van der Waals surface area contributed by atoms with Crippen LogP contribution in [0, 0.1) is 0 Å². The molecule has 0 fully saturated rings. The van der Waals surface area contributed by atoms with Crippen molar-refractivity contribution < 1.29 is 22.7 Å². The summed E-state index contributed by atoms with van der Waals surface area (Å²) < 4.78 is 30.6. The minimum absolute atomic E-state index is 0.0390. The van der Waals surface area contributed by atoms with Gasteiger partial charge < -0.3 is 15.0 Å². The summed E-state index contributed by atoms with van der Waals surface area (Å²) in [6.45, 7) is 0. The minimum Gasteiger partial charge on any atom is -0.497 e. The van der Waals surface area contributed by atoms with Gasteiger partial charge in [-0.15, -0.1) is 0 Å². The molecule has 2 aromatic carbocycles. The Morgan fingerprint density at radius 2 is 1.88 bits per heavy atom. The number of fused-ring (bicyclic) bond motifs is 1. The van der Waals surface area contributed by atoms with Crippen molar-refractivity contribution in [3.8, 4) is 5.75 Å². The fourth-order valence-corrected chi connectivity index (χ4v) is 4.47. The van der Waals surface area contributed by atoms with E-state index in [-0.39, 0.29) is 10.6 Å². The standard InChI is InChI=1S/C17H16N2O5S/c1-19-13-8-3-4-9-14(13)25(22,23)15(17(19)21)16(20)18-11-6-5-7-12(10-11)24-2/h3-10,15H,1-2H3,(H,18,20). The fraction of sp³-hybridized carbons (Fsp3) is 0.176. The molecule has 0 saturated carbocycles. The molecule has 2 aromatic rings. The normalized spacial score (nSPS) is 18.4. The molecule has 7 nitrogen and oxygen atoms in total. The van der Waals surface area contributed by atoms with Crippen molar-refractivity contribution in [3.63, 3.8) is 0 Å². The van der Waals surface area contributed by atoms with Gasteiger partial charge in [0.1, 0.15) is 5.75 Å². The first-order valence-corrected chi connectivity index (χ1v) is 8.96. The lowest BCUT2D eigenvalue weighted by atomic mass is 10.2. The van der Waals surface area contributed by atoms with Crippen molar-refractivity contribution in [2.75, 3.05) is 24.4 Å². The molecule has 0 radical (unpaired) electrons. The lowest BCUT2D eigenvalue weighted by Crippen LogP contribution is -2.51. The fourth-order valence-electron chi connectivity index (χ4n) is 2.69. The van der Waals surface area contributed by atoms with Crippen LogP contribution in [0.25, 0.3) is 0 Å². The third kappa shape index (κ3) is 2.85. The number of benzene rings is 2. The Bertz CT molecular complexity index is 955. The molecule has 2 amide bonds. The van der Waals surface area contributed by atoms with Crippen LogP contribution < -0.4 is 15.0 Å². The van der Waals surface area contributed by atoms with E-state index in [9.17, 15) is 18.0 Å². The Balaban J connectivity index is 1.98. The zero-order valence-electron chi connectivity index (χ0n) is 13.6. The van der Waals surface area contributed by atoms with Crippen LogP contribution in [0.2, 0.25) is 0 Å². The molecule has 0 bridgehead atoms. The van der Waals surface area contributed by atoms with Crippen molar-refractivity contribution >= 4 is 33.0 Å². The van der Waals surface area contributed by atoms with E-state index in [1.54, 1.807) is 30.3 Å². The molecule has 130 valence electrons. The molecule has 1 atom stereocenters. The van der Waals surface area contributed by atoms with Gasteiger partial charge in [-0.1, -0.05) is 18.2 Å². The lowest BCUT2D eigenvalue weighted by molar-refractivity contribution is -0.124. The maximum atomic E-state index is 12.8. The molecule has 0 saturated heterocycles. The number of amides is 2.